The number of nitrogens with one attached hydrogen (secondary N) is 1. The second-order valence-electron chi connectivity index (χ2n) is 3.15. The molecule has 0 aliphatic rings. The van der Waals surface area contributed by atoms with Crippen molar-refractivity contribution in [1.29, 1.82) is 0 Å². The molecule has 0 radical (unpaired) electrons. The molecule has 1 rings (SSSR count). The van der Waals surface area contributed by atoms with E-state index < -0.39 is 11.2 Å². The van der Waals surface area contributed by atoms with Crippen LogP contribution in [0.4, 0.5) is 5.82 Å². The molecular formula is C9H12N4O2. The normalized spacial score (nSPS) is 11.9. The second kappa shape index (κ2) is 4.00. The van der Waals surface area contributed by atoms with Crippen LogP contribution in [0.25, 0.3) is 0 Å². The lowest BCUT2D eigenvalue weighted by Gasteiger charge is -2.09. The summed E-state index contributed by atoms with van der Waals surface area (Å²) in [5.74, 6) is 2.48. The van der Waals surface area contributed by atoms with Crippen molar-refractivity contribution in [3.63, 3.8) is 0 Å². The van der Waals surface area contributed by atoms with Gasteiger partial charge in [0.05, 0.1) is 6.04 Å². The zero-order chi connectivity index (χ0) is 11.6. The van der Waals surface area contributed by atoms with Gasteiger partial charge in [0.15, 0.2) is 0 Å². The highest BCUT2D eigenvalue weighted by Crippen LogP contribution is 1.92. The Balaban J connectivity index is 3.29. The fraction of sp³-hybridized carbons (Fsp3) is 0.444. The lowest BCUT2D eigenvalue weighted by atomic mass is 10.3. The Morgan fingerprint density at radius 3 is 2.60 bits per heavy atom. The first-order chi connectivity index (χ1) is 6.97. The van der Waals surface area contributed by atoms with E-state index in [9.17, 15) is 9.59 Å². The van der Waals surface area contributed by atoms with Crippen molar-refractivity contribution in [3.05, 3.63) is 20.8 Å². The molecule has 0 amide bonds. The molecule has 0 spiro atoms. The quantitative estimate of drug-likeness (QED) is 0.627. The van der Waals surface area contributed by atoms with Gasteiger partial charge in [-0.15, -0.1) is 11.5 Å². The number of hydrogen-bond acceptors (Lipinski definition) is 4. The van der Waals surface area contributed by atoms with Gasteiger partial charge < -0.3 is 5.32 Å². The Labute approximate surface area is 86.5 Å². The predicted octanol–water partition coefficient (Wildman–Crippen LogP) is -1.09. The first kappa shape index (κ1) is 11.0. The van der Waals surface area contributed by atoms with Gasteiger partial charge in [-0.1, -0.05) is 5.92 Å². The number of terminal acetylenes is 1. The lowest BCUT2D eigenvalue weighted by molar-refractivity contribution is 0.603. The van der Waals surface area contributed by atoms with Crippen molar-refractivity contribution in [1.82, 2.24) is 14.3 Å². The van der Waals surface area contributed by atoms with Crippen LogP contribution in [0.2, 0.25) is 0 Å². The van der Waals surface area contributed by atoms with Crippen molar-refractivity contribution < 1.29 is 0 Å². The van der Waals surface area contributed by atoms with Crippen LogP contribution in [0.5, 0.6) is 0 Å². The largest absolute Gasteiger partial charge is 0.351 e. The van der Waals surface area contributed by atoms with Crippen LogP contribution in [0, 0.1) is 12.3 Å². The Morgan fingerprint density at radius 2 is 2.07 bits per heavy atom. The van der Waals surface area contributed by atoms with Gasteiger partial charge in [0.2, 0.25) is 5.82 Å². The Hall–Kier alpha value is -2.03. The van der Waals surface area contributed by atoms with E-state index in [1.165, 1.54) is 14.1 Å². The summed E-state index contributed by atoms with van der Waals surface area (Å²) in [5.41, 5.74) is -0.959. The molecule has 0 aliphatic heterocycles. The molecule has 0 fully saturated rings. The van der Waals surface area contributed by atoms with Crippen LogP contribution in [0.3, 0.4) is 0 Å². The summed E-state index contributed by atoms with van der Waals surface area (Å²) in [6.45, 7) is 1.71. The maximum Gasteiger partial charge on any atom is 0.346 e. The predicted molar refractivity (Wildman–Crippen MR) is 56.6 cm³/mol. The molecule has 15 heavy (non-hydrogen) atoms. The SMILES string of the molecule is C#CC(C)Nc1nn(C)c(=O)n(C)c1=O. The van der Waals surface area contributed by atoms with E-state index >= 15 is 0 Å². The molecule has 1 aromatic heterocycles. The zero-order valence-corrected chi connectivity index (χ0v) is 8.81. The van der Waals surface area contributed by atoms with Crippen LogP contribution < -0.4 is 16.6 Å². The minimum absolute atomic E-state index is 0.0741. The maximum atomic E-state index is 11.5. The van der Waals surface area contributed by atoms with E-state index in [2.05, 4.69) is 16.3 Å². The topological polar surface area (TPSA) is 68.9 Å². The maximum absolute atomic E-state index is 11.5. The highest BCUT2D eigenvalue weighted by molar-refractivity contribution is 5.33. The fourth-order valence-corrected chi connectivity index (χ4v) is 1.04. The number of nitrogens with zero attached hydrogens (tertiary/aromatic N) is 3. The Bertz CT molecular complexity index is 520. The van der Waals surface area contributed by atoms with E-state index in [1.807, 2.05) is 0 Å². The monoisotopic (exact) mass is 208 g/mol. The molecule has 1 N–H and O–H groups in total. The van der Waals surface area contributed by atoms with Crippen LogP contribution in [0.15, 0.2) is 9.59 Å². The number of aryl methyl sites for hydroxylation is 1. The third-order valence-corrected chi connectivity index (χ3v) is 1.92. The average Bonchev–Trinajstić information content (AvgIpc) is 2.22. The summed E-state index contributed by atoms with van der Waals surface area (Å²) in [6, 6.07) is -0.317. The highest BCUT2D eigenvalue weighted by Gasteiger charge is 2.09. The van der Waals surface area contributed by atoms with Gasteiger partial charge >= 0.3 is 5.69 Å². The third-order valence-electron chi connectivity index (χ3n) is 1.92. The molecule has 1 aromatic rings. The van der Waals surface area contributed by atoms with Gasteiger partial charge in [0, 0.05) is 14.1 Å². The van der Waals surface area contributed by atoms with Crippen molar-refractivity contribution >= 4 is 5.82 Å². The van der Waals surface area contributed by atoms with E-state index in [0.717, 1.165) is 9.25 Å². The minimum atomic E-state index is -0.486. The molecule has 0 saturated carbocycles. The number of hydrogen-bond donors (Lipinski definition) is 1. The van der Waals surface area contributed by atoms with Crippen LogP contribution in [-0.4, -0.2) is 20.4 Å². The molecule has 0 aliphatic carbocycles. The second-order valence-corrected chi connectivity index (χ2v) is 3.15. The van der Waals surface area contributed by atoms with Gasteiger partial charge in [-0.25, -0.2) is 9.48 Å². The van der Waals surface area contributed by atoms with Gasteiger partial charge in [-0.3, -0.25) is 9.36 Å². The van der Waals surface area contributed by atoms with E-state index in [4.69, 9.17) is 6.42 Å². The first-order valence-corrected chi connectivity index (χ1v) is 4.34. The van der Waals surface area contributed by atoms with Crippen molar-refractivity contribution in [2.45, 2.75) is 13.0 Å². The van der Waals surface area contributed by atoms with Crippen molar-refractivity contribution in [2.24, 2.45) is 14.1 Å². The van der Waals surface area contributed by atoms with Crippen LogP contribution in [-0.2, 0) is 14.1 Å². The van der Waals surface area contributed by atoms with E-state index in [1.54, 1.807) is 6.92 Å². The third kappa shape index (κ3) is 2.07. The van der Waals surface area contributed by atoms with Crippen LogP contribution >= 0.6 is 0 Å². The van der Waals surface area contributed by atoms with Gasteiger partial charge in [0.25, 0.3) is 5.56 Å². The Kier molecular flexibility index (Phi) is 2.95. The van der Waals surface area contributed by atoms with Gasteiger partial charge in [0.1, 0.15) is 0 Å². The highest BCUT2D eigenvalue weighted by atomic mass is 16.2. The lowest BCUT2D eigenvalue weighted by Crippen LogP contribution is -2.40. The average molecular weight is 208 g/mol. The first-order valence-electron chi connectivity index (χ1n) is 4.34. The summed E-state index contributed by atoms with van der Waals surface area (Å²) in [6.07, 6.45) is 5.16. The molecule has 80 valence electrons. The molecular weight excluding hydrogens is 196 g/mol. The van der Waals surface area contributed by atoms with E-state index in [-0.39, 0.29) is 11.9 Å². The van der Waals surface area contributed by atoms with E-state index in [0.29, 0.717) is 0 Å². The van der Waals surface area contributed by atoms with Gasteiger partial charge in [-0.05, 0) is 6.92 Å². The standard InChI is InChI=1S/C9H12N4O2/c1-5-6(2)10-7-8(14)12(3)9(15)13(4)11-7/h1,6H,2-4H3,(H,10,11). The van der Waals surface area contributed by atoms with Crippen molar-refractivity contribution in [2.75, 3.05) is 5.32 Å². The molecule has 6 heteroatoms. The number of aromatic nitrogens is 3. The smallest absolute Gasteiger partial charge is 0.346 e. The zero-order valence-electron chi connectivity index (χ0n) is 8.81. The molecule has 1 atom stereocenters. The number of rotatable bonds is 2. The summed E-state index contributed by atoms with van der Waals surface area (Å²) in [4.78, 5) is 22.8. The molecule has 0 bridgehead atoms. The molecule has 1 unspecified atom stereocenters. The summed E-state index contributed by atoms with van der Waals surface area (Å²) >= 11 is 0. The van der Waals surface area contributed by atoms with Gasteiger partial charge in [-0.2, -0.15) is 0 Å². The summed E-state index contributed by atoms with van der Waals surface area (Å²) < 4.78 is 2.05. The number of anilines is 1. The molecule has 6 nitrogen and oxygen atoms in total. The minimum Gasteiger partial charge on any atom is -0.351 e. The summed E-state index contributed by atoms with van der Waals surface area (Å²) in [7, 11) is 2.85. The molecule has 1 heterocycles. The molecule has 0 aromatic carbocycles. The summed E-state index contributed by atoms with van der Waals surface area (Å²) in [5, 5.41) is 6.51. The fourth-order valence-electron chi connectivity index (χ4n) is 1.04. The molecule has 0 saturated heterocycles. The Morgan fingerprint density at radius 1 is 1.47 bits per heavy atom. The van der Waals surface area contributed by atoms with Crippen LogP contribution in [0.1, 0.15) is 6.92 Å². The van der Waals surface area contributed by atoms with Crippen molar-refractivity contribution in [3.8, 4) is 12.3 Å².